The van der Waals surface area contributed by atoms with E-state index in [-0.39, 0.29) is 18.4 Å². The van der Waals surface area contributed by atoms with Gasteiger partial charge in [-0.2, -0.15) is 0 Å². The maximum Gasteiger partial charge on any atom is 0.311 e. The second-order valence-electron chi connectivity index (χ2n) is 4.31. The minimum Gasteiger partial charge on any atom is -0.469 e. The van der Waals surface area contributed by atoms with Crippen molar-refractivity contribution in [3.8, 4) is 0 Å². The second-order valence-corrected chi connectivity index (χ2v) is 6.09. The van der Waals surface area contributed by atoms with Gasteiger partial charge in [-0.1, -0.05) is 28.1 Å². The number of nitrogens with one attached hydrogen (secondary N) is 1. The molecule has 2 aromatic rings. The zero-order valence-electron chi connectivity index (χ0n) is 11.2. The average molecular weight is 355 g/mol. The summed E-state index contributed by atoms with van der Waals surface area (Å²) in [4.78, 5) is 15.6. The number of rotatable bonds is 5. The predicted molar refractivity (Wildman–Crippen MR) is 84.0 cm³/mol. The standard InChI is InChI=1S/C14H15BrN2O2S/c1-9(10-3-5-11(15)6-4-10)16-14-17-12(8-20-14)7-13(18)19-2/h3-6,8-9H,7H2,1-2H3,(H,16,17). The Bertz CT molecular complexity index is 583. The van der Waals surface area contributed by atoms with Gasteiger partial charge < -0.3 is 10.1 Å². The van der Waals surface area contributed by atoms with Gasteiger partial charge in [-0.3, -0.25) is 4.79 Å². The number of methoxy groups -OCH3 is 1. The first-order valence-corrected chi connectivity index (χ1v) is 7.79. The molecule has 0 aliphatic rings. The van der Waals surface area contributed by atoms with Crippen LogP contribution < -0.4 is 5.32 Å². The molecule has 106 valence electrons. The summed E-state index contributed by atoms with van der Waals surface area (Å²) >= 11 is 4.91. The van der Waals surface area contributed by atoms with Crippen LogP contribution >= 0.6 is 27.3 Å². The lowest BCUT2D eigenvalue weighted by Gasteiger charge is -2.13. The Hall–Kier alpha value is -1.40. The molecule has 0 spiro atoms. The number of carbonyl (C=O) groups is 1. The van der Waals surface area contributed by atoms with Crippen LogP contribution in [0.4, 0.5) is 5.13 Å². The zero-order chi connectivity index (χ0) is 14.5. The fourth-order valence-electron chi connectivity index (χ4n) is 1.69. The van der Waals surface area contributed by atoms with Gasteiger partial charge in [-0.25, -0.2) is 4.98 Å². The molecule has 20 heavy (non-hydrogen) atoms. The van der Waals surface area contributed by atoms with Crippen molar-refractivity contribution in [3.05, 3.63) is 45.4 Å². The molecular formula is C14H15BrN2O2S. The van der Waals surface area contributed by atoms with E-state index in [1.54, 1.807) is 0 Å². The quantitative estimate of drug-likeness (QED) is 0.829. The summed E-state index contributed by atoms with van der Waals surface area (Å²) in [5.74, 6) is -0.275. The number of thiazole rings is 1. The number of benzene rings is 1. The monoisotopic (exact) mass is 354 g/mol. The Morgan fingerprint density at radius 3 is 2.80 bits per heavy atom. The molecule has 0 bridgehead atoms. The van der Waals surface area contributed by atoms with Gasteiger partial charge in [0.25, 0.3) is 0 Å². The molecule has 0 aliphatic heterocycles. The summed E-state index contributed by atoms with van der Waals surface area (Å²) < 4.78 is 5.68. The van der Waals surface area contributed by atoms with Crippen LogP contribution in [-0.4, -0.2) is 18.1 Å². The van der Waals surface area contributed by atoms with Gasteiger partial charge in [0.05, 0.1) is 25.3 Å². The van der Waals surface area contributed by atoms with Crippen LogP contribution in [0.2, 0.25) is 0 Å². The van der Waals surface area contributed by atoms with E-state index in [1.807, 2.05) is 17.5 Å². The van der Waals surface area contributed by atoms with Crippen molar-refractivity contribution in [2.75, 3.05) is 12.4 Å². The van der Waals surface area contributed by atoms with Gasteiger partial charge in [0, 0.05) is 9.85 Å². The van der Waals surface area contributed by atoms with Crippen LogP contribution in [0.3, 0.4) is 0 Å². The number of anilines is 1. The molecule has 1 aromatic heterocycles. The summed E-state index contributed by atoms with van der Waals surface area (Å²) in [6.07, 6.45) is 0.210. The highest BCUT2D eigenvalue weighted by molar-refractivity contribution is 9.10. The van der Waals surface area contributed by atoms with E-state index >= 15 is 0 Å². The fraction of sp³-hybridized carbons (Fsp3) is 0.286. The van der Waals surface area contributed by atoms with E-state index in [2.05, 4.69) is 50.0 Å². The lowest BCUT2D eigenvalue weighted by molar-refractivity contribution is -0.139. The van der Waals surface area contributed by atoms with Gasteiger partial charge >= 0.3 is 5.97 Å². The van der Waals surface area contributed by atoms with Crippen molar-refractivity contribution in [2.24, 2.45) is 0 Å². The van der Waals surface area contributed by atoms with Crippen LogP contribution in [0.15, 0.2) is 34.1 Å². The van der Waals surface area contributed by atoms with Gasteiger partial charge in [0.15, 0.2) is 5.13 Å². The second kappa shape index (κ2) is 6.85. The van der Waals surface area contributed by atoms with Gasteiger partial charge in [0.1, 0.15) is 0 Å². The topological polar surface area (TPSA) is 51.2 Å². The molecule has 1 N–H and O–H groups in total. The van der Waals surface area contributed by atoms with Crippen molar-refractivity contribution in [1.29, 1.82) is 0 Å². The van der Waals surface area contributed by atoms with Crippen molar-refractivity contribution in [1.82, 2.24) is 4.98 Å². The normalized spacial score (nSPS) is 11.9. The predicted octanol–water partition coefficient (Wildman–Crippen LogP) is 3.79. The van der Waals surface area contributed by atoms with E-state index < -0.39 is 0 Å². The van der Waals surface area contributed by atoms with Crippen LogP contribution in [0, 0.1) is 0 Å². The van der Waals surface area contributed by atoms with E-state index in [4.69, 9.17) is 0 Å². The molecule has 2 rings (SSSR count). The number of nitrogens with zero attached hydrogens (tertiary/aromatic N) is 1. The number of hydrogen-bond acceptors (Lipinski definition) is 5. The average Bonchev–Trinajstić information content (AvgIpc) is 2.86. The molecular weight excluding hydrogens is 340 g/mol. The summed E-state index contributed by atoms with van der Waals surface area (Å²) in [6.45, 7) is 2.07. The molecule has 1 unspecified atom stereocenters. The maximum atomic E-state index is 11.2. The molecule has 0 aliphatic carbocycles. The number of aromatic nitrogens is 1. The first kappa shape index (κ1) is 15.0. The number of halogens is 1. The highest BCUT2D eigenvalue weighted by Gasteiger charge is 2.10. The van der Waals surface area contributed by atoms with Crippen molar-refractivity contribution < 1.29 is 9.53 Å². The molecule has 6 heteroatoms. The Labute approximate surface area is 130 Å². The largest absolute Gasteiger partial charge is 0.469 e. The van der Waals surface area contributed by atoms with Crippen LogP contribution in [0.5, 0.6) is 0 Å². The molecule has 4 nitrogen and oxygen atoms in total. The van der Waals surface area contributed by atoms with Gasteiger partial charge in [-0.05, 0) is 24.6 Å². The van der Waals surface area contributed by atoms with Crippen molar-refractivity contribution in [3.63, 3.8) is 0 Å². The Balaban J connectivity index is 1.99. The van der Waals surface area contributed by atoms with Crippen LogP contribution in [0.1, 0.15) is 24.2 Å². The Morgan fingerprint density at radius 1 is 1.45 bits per heavy atom. The smallest absolute Gasteiger partial charge is 0.311 e. The van der Waals surface area contributed by atoms with E-state index in [0.29, 0.717) is 0 Å². The van der Waals surface area contributed by atoms with Crippen LogP contribution in [0.25, 0.3) is 0 Å². The third kappa shape index (κ3) is 4.05. The molecule has 0 amide bonds. The lowest BCUT2D eigenvalue weighted by atomic mass is 10.1. The molecule has 0 saturated carbocycles. The molecule has 1 atom stereocenters. The highest BCUT2D eigenvalue weighted by atomic mass is 79.9. The van der Waals surface area contributed by atoms with Gasteiger partial charge in [0.2, 0.25) is 0 Å². The first-order valence-electron chi connectivity index (χ1n) is 6.11. The third-order valence-electron chi connectivity index (χ3n) is 2.81. The summed E-state index contributed by atoms with van der Waals surface area (Å²) in [7, 11) is 1.38. The van der Waals surface area contributed by atoms with Crippen molar-refractivity contribution >= 4 is 38.4 Å². The maximum absolute atomic E-state index is 11.2. The summed E-state index contributed by atoms with van der Waals surface area (Å²) in [5.41, 5.74) is 1.91. The third-order valence-corrected chi connectivity index (χ3v) is 4.17. The molecule has 1 heterocycles. The fourth-order valence-corrected chi connectivity index (χ4v) is 2.76. The summed E-state index contributed by atoms with van der Waals surface area (Å²) in [5, 5.41) is 6.00. The van der Waals surface area contributed by atoms with E-state index in [0.717, 1.165) is 15.3 Å². The Morgan fingerprint density at radius 2 is 2.15 bits per heavy atom. The van der Waals surface area contributed by atoms with Crippen LogP contribution in [-0.2, 0) is 16.0 Å². The summed E-state index contributed by atoms with van der Waals surface area (Å²) in [6, 6.07) is 8.30. The molecule has 0 radical (unpaired) electrons. The lowest BCUT2D eigenvalue weighted by Crippen LogP contribution is -2.07. The number of carbonyl (C=O) groups excluding carboxylic acids is 1. The Kier molecular flexibility index (Phi) is 5.14. The van der Waals surface area contributed by atoms with E-state index in [1.165, 1.54) is 24.0 Å². The SMILES string of the molecule is COC(=O)Cc1csc(NC(C)c2ccc(Br)cc2)n1. The minimum atomic E-state index is -0.275. The number of hydrogen-bond donors (Lipinski definition) is 1. The molecule has 1 aromatic carbocycles. The molecule has 0 saturated heterocycles. The van der Waals surface area contributed by atoms with Gasteiger partial charge in [-0.15, -0.1) is 11.3 Å². The highest BCUT2D eigenvalue weighted by Crippen LogP contribution is 2.23. The van der Waals surface area contributed by atoms with Crippen molar-refractivity contribution in [2.45, 2.75) is 19.4 Å². The number of ether oxygens (including phenoxy) is 1. The molecule has 0 fully saturated rings. The number of esters is 1. The minimum absolute atomic E-state index is 0.153. The zero-order valence-corrected chi connectivity index (χ0v) is 13.6. The van der Waals surface area contributed by atoms with E-state index in [9.17, 15) is 4.79 Å². The first-order chi connectivity index (χ1) is 9.58.